The van der Waals surface area contributed by atoms with Crippen LogP contribution >= 0.6 is 0 Å². The highest BCUT2D eigenvalue weighted by Crippen LogP contribution is 2.14. The SMILES string of the molecule is C=CCNC(=O)C(C)N1CCC(=O)C(C)C1. The van der Waals surface area contributed by atoms with E-state index >= 15 is 0 Å². The summed E-state index contributed by atoms with van der Waals surface area (Å²) in [6, 6.07) is -0.171. The molecule has 0 aliphatic carbocycles. The van der Waals surface area contributed by atoms with E-state index in [0.29, 0.717) is 31.8 Å². The fraction of sp³-hybridized carbons (Fsp3) is 0.667. The highest BCUT2D eigenvalue weighted by Gasteiger charge is 2.29. The van der Waals surface area contributed by atoms with E-state index in [0.717, 1.165) is 0 Å². The van der Waals surface area contributed by atoms with Gasteiger partial charge in [-0.05, 0) is 6.92 Å². The molecule has 2 atom stereocenters. The molecule has 1 fully saturated rings. The molecule has 4 nitrogen and oxygen atoms in total. The van der Waals surface area contributed by atoms with Crippen LogP contribution in [0.4, 0.5) is 0 Å². The molecule has 0 aromatic heterocycles. The minimum absolute atomic E-state index is 0.00134. The molecule has 4 heteroatoms. The van der Waals surface area contributed by atoms with Crippen molar-refractivity contribution in [3.63, 3.8) is 0 Å². The summed E-state index contributed by atoms with van der Waals surface area (Å²) in [6.07, 6.45) is 2.22. The lowest BCUT2D eigenvalue weighted by atomic mass is 9.97. The largest absolute Gasteiger partial charge is 0.351 e. The van der Waals surface area contributed by atoms with Gasteiger partial charge in [-0.15, -0.1) is 6.58 Å². The monoisotopic (exact) mass is 224 g/mol. The summed E-state index contributed by atoms with van der Waals surface area (Å²) in [6.45, 7) is 9.21. The Bertz CT molecular complexity index is 289. The number of nitrogens with zero attached hydrogens (tertiary/aromatic N) is 1. The minimum atomic E-state index is -0.171. The number of hydrogen-bond donors (Lipinski definition) is 1. The van der Waals surface area contributed by atoms with Gasteiger partial charge in [0.1, 0.15) is 5.78 Å². The van der Waals surface area contributed by atoms with Gasteiger partial charge in [-0.3, -0.25) is 14.5 Å². The van der Waals surface area contributed by atoms with Crippen molar-refractivity contribution in [2.45, 2.75) is 26.3 Å². The first-order chi connectivity index (χ1) is 7.56. The van der Waals surface area contributed by atoms with Gasteiger partial charge < -0.3 is 5.32 Å². The van der Waals surface area contributed by atoms with Crippen molar-refractivity contribution < 1.29 is 9.59 Å². The van der Waals surface area contributed by atoms with Gasteiger partial charge in [-0.25, -0.2) is 0 Å². The van der Waals surface area contributed by atoms with Crippen LogP contribution in [0.2, 0.25) is 0 Å². The number of hydrogen-bond acceptors (Lipinski definition) is 3. The zero-order valence-corrected chi connectivity index (χ0v) is 10.0. The van der Waals surface area contributed by atoms with Crippen molar-refractivity contribution in [3.05, 3.63) is 12.7 Å². The summed E-state index contributed by atoms with van der Waals surface area (Å²) in [5.41, 5.74) is 0. The second kappa shape index (κ2) is 5.80. The molecule has 0 aromatic carbocycles. The first kappa shape index (κ1) is 12.9. The number of nitrogens with one attached hydrogen (secondary N) is 1. The molecule has 0 radical (unpaired) electrons. The van der Waals surface area contributed by atoms with Crippen molar-refractivity contribution in [3.8, 4) is 0 Å². The van der Waals surface area contributed by atoms with Crippen molar-refractivity contribution in [2.75, 3.05) is 19.6 Å². The molecule has 0 bridgehead atoms. The molecule has 0 saturated carbocycles. The summed E-state index contributed by atoms with van der Waals surface area (Å²) in [5, 5.41) is 2.77. The maximum atomic E-state index is 11.7. The molecular weight excluding hydrogens is 204 g/mol. The van der Waals surface area contributed by atoms with Crippen LogP contribution in [-0.2, 0) is 9.59 Å². The average molecular weight is 224 g/mol. The lowest BCUT2D eigenvalue weighted by Crippen LogP contribution is -2.50. The third-order valence-corrected chi connectivity index (χ3v) is 3.05. The maximum absolute atomic E-state index is 11.7. The summed E-state index contributed by atoms with van der Waals surface area (Å²) in [7, 11) is 0. The number of amides is 1. The van der Waals surface area contributed by atoms with E-state index in [1.54, 1.807) is 6.08 Å². The maximum Gasteiger partial charge on any atom is 0.237 e. The fourth-order valence-electron chi connectivity index (χ4n) is 1.88. The van der Waals surface area contributed by atoms with Crippen LogP contribution in [-0.4, -0.2) is 42.3 Å². The molecule has 1 amide bonds. The molecule has 1 saturated heterocycles. The average Bonchev–Trinajstić information content (AvgIpc) is 2.28. The molecule has 1 heterocycles. The van der Waals surface area contributed by atoms with Gasteiger partial charge in [-0.2, -0.15) is 0 Å². The second-order valence-corrected chi connectivity index (χ2v) is 4.32. The third kappa shape index (κ3) is 3.17. The number of Topliss-reactive ketones (excluding diaryl/α,β-unsaturated/α-hetero) is 1. The quantitative estimate of drug-likeness (QED) is 0.711. The Morgan fingerprint density at radius 1 is 1.75 bits per heavy atom. The van der Waals surface area contributed by atoms with Gasteiger partial charge >= 0.3 is 0 Å². The molecule has 1 aliphatic heterocycles. The molecule has 1 aliphatic rings. The van der Waals surface area contributed by atoms with E-state index in [-0.39, 0.29) is 17.9 Å². The van der Waals surface area contributed by atoms with Crippen LogP contribution in [0, 0.1) is 5.92 Å². The van der Waals surface area contributed by atoms with Crippen LogP contribution in [0.25, 0.3) is 0 Å². The van der Waals surface area contributed by atoms with E-state index in [9.17, 15) is 9.59 Å². The summed E-state index contributed by atoms with van der Waals surface area (Å²) >= 11 is 0. The number of ketones is 1. The van der Waals surface area contributed by atoms with Crippen molar-refractivity contribution in [1.29, 1.82) is 0 Å². The van der Waals surface area contributed by atoms with Gasteiger partial charge in [0.05, 0.1) is 6.04 Å². The third-order valence-electron chi connectivity index (χ3n) is 3.05. The fourth-order valence-corrected chi connectivity index (χ4v) is 1.88. The van der Waals surface area contributed by atoms with Gasteiger partial charge in [0.25, 0.3) is 0 Å². The number of piperidine rings is 1. The standard InChI is InChI=1S/C12H20N2O2/c1-4-6-13-12(16)10(3)14-7-5-11(15)9(2)8-14/h4,9-10H,1,5-8H2,2-3H3,(H,13,16). The van der Waals surface area contributed by atoms with Crippen LogP contribution < -0.4 is 5.32 Å². The Kier molecular flexibility index (Phi) is 4.68. The normalized spacial score (nSPS) is 23.9. The number of rotatable bonds is 4. The highest BCUT2D eigenvalue weighted by molar-refractivity contribution is 5.84. The molecule has 0 spiro atoms. The van der Waals surface area contributed by atoms with E-state index in [4.69, 9.17) is 0 Å². The lowest BCUT2D eigenvalue weighted by molar-refractivity contribution is -0.131. The highest BCUT2D eigenvalue weighted by atomic mass is 16.2. The van der Waals surface area contributed by atoms with Crippen LogP contribution in [0.1, 0.15) is 20.3 Å². The molecule has 16 heavy (non-hydrogen) atoms. The zero-order chi connectivity index (χ0) is 12.1. The lowest BCUT2D eigenvalue weighted by Gasteiger charge is -2.33. The minimum Gasteiger partial charge on any atom is -0.351 e. The van der Waals surface area contributed by atoms with Crippen molar-refractivity contribution in [1.82, 2.24) is 10.2 Å². The first-order valence-electron chi connectivity index (χ1n) is 5.71. The predicted octanol–water partition coefficient (Wildman–Crippen LogP) is 0.588. The second-order valence-electron chi connectivity index (χ2n) is 4.32. The summed E-state index contributed by atoms with van der Waals surface area (Å²) in [5.74, 6) is 0.347. The Labute approximate surface area is 96.7 Å². The van der Waals surface area contributed by atoms with Crippen LogP contribution in [0.5, 0.6) is 0 Å². The van der Waals surface area contributed by atoms with E-state index in [2.05, 4.69) is 16.8 Å². The Morgan fingerprint density at radius 2 is 2.44 bits per heavy atom. The van der Waals surface area contributed by atoms with Crippen LogP contribution in [0.3, 0.4) is 0 Å². The van der Waals surface area contributed by atoms with Crippen molar-refractivity contribution in [2.24, 2.45) is 5.92 Å². The van der Waals surface area contributed by atoms with Crippen molar-refractivity contribution >= 4 is 11.7 Å². The van der Waals surface area contributed by atoms with Gasteiger partial charge in [0.2, 0.25) is 5.91 Å². The smallest absolute Gasteiger partial charge is 0.237 e. The number of carbonyl (C=O) groups excluding carboxylic acids is 2. The molecular formula is C12H20N2O2. The molecule has 1 N–H and O–H groups in total. The van der Waals surface area contributed by atoms with Gasteiger partial charge in [-0.1, -0.05) is 13.0 Å². The number of carbonyl (C=O) groups is 2. The van der Waals surface area contributed by atoms with E-state index in [1.165, 1.54) is 0 Å². The Hall–Kier alpha value is -1.16. The molecule has 90 valence electrons. The van der Waals surface area contributed by atoms with Crippen LogP contribution in [0.15, 0.2) is 12.7 Å². The van der Waals surface area contributed by atoms with Gasteiger partial charge in [0.15, 0.2) is 0 Å². The summed E-state index contributed by atoms with van der Waals surface area (Å²) < 4.78 is 0. The van der Waals surface area contributed by atoms with Gasteiger partial charge in [0, 0.05) is 32.0 Å². The molecule has 1 rings (SSSR count). The van der Waals surface area contributed by atoms with E-state index in [1.807, 2.05) is 13.8 Å². The summed E-state index contributed by atoms with van der Waals surface area (Å²) in [4.78, 5) is 25.1. The Morgan fingerprint density at radius 3 is 3.00 bits per heavy atom. The number of likely N-dealkylation sites (tertiary alicyclic amines) is 1. The first-order valence-corrected chi connectivity index (χ1v) is 5.71. The topological polar surface area (TPSA) is 49.4 Å². The molecule has 2 unspecified atom stereocenters. The van der Waals surface area contributed by atoms with E-state index < -0.39 is 0 Å². The zero-order valence-electron chi connectivity index (χ0n) is 10.0. The Balaban J connectivity index is 2.47. The molecule has 0 aromatic rings. The predicted molar refractivity (Wildman–Crippen MR) is 63.0 cm³/mol.